The highest BCUT2D eigenvalue weighted by atomic mass is 35.5. The molecule has 2 nitrogen and oxygen atoms in total. The number of ether oxygens (including phenoxy) is 1. The van der Waals surface area contributed by atoms with Gasteiger partial charge in [0.15, 0.2) is 0 Å². The number of nitrogens with two attached hydrogens (primary N) is 1. The van der Waals surface area contributed by atoms with Gasteiger partial charge in [0.05, 0.1) is 18.2 Å². The number of quaternary nitrogens is 1. The summed E-state index contributed by atoms with van der Waals surface area (Å²) in [7, 11) is 1.65. The normalized spacial score (nSPS) is 23.9. The number of halogens is 1. The first-order valence-electron chi connectivity index (χ1n) is 6.86. The Kier molecular flexibility index (Phi) is 4.90. The lowest BCUT2D eigenvalue weighted by Gasteiger charge is -2.26. The summed E-state index contributed by atoms with van der Waals surface area (Å²) in [5.74, 6) is 1.60. The molecule has 2 atom stereocenters. The van der Waals surface area contributed by atoms with Crippen molar-refractivity contribution in [3.05, 3.63) is 28.8 Å². The third kappa shape index (κ3) is 3.39. The van der Waals surface area contributed by atoms with Gasteiger partial charge in [-0.15, -0.1) is 0 Å². The molecule has 0 amide bonds. The van der Waals surface area contributed by atoms with E-state index in [9.17, 15) is 0 Å². The largest absolute Gasteiger partial charge is 0.495 e. The van der Waals surface area contributed by atoms with E-state index in [2.05, 4.69) is 18.3 Å². The number of methoxy groups -OCH3 is 1. The van der Waals surface area contributed by atoms with E-state index in [4.69, 9.17) is 16.3 Å². The van der Waals surface area contributed by atoms with Gasteiger partial charge in [0, 0.05) is 11.5 Å². The molecule has 100 valence electrons. The molecule has 0 spiro atoms. The third-order valence-electron chi connectivity index (χ3n) is 4.05. The Hall–Kier alpha value is -0.730. The molecule has 1 aliphatic carbocycles. The third-order valence-corrected chi connectivity index (χ3v) is 4.35. The number of hydrogen-bond donors (Lipinski definition) is 1. The molecular weight excluding hydrogens is 246 g/mol. The minimum absolute atomic E-state index is 0.708. The van der Waals surface area contributed by atoms with Gasteiger partial charge in [-0.1, -0.05) is 24.9 Å². The molecule has 1 aromatic rings. The molecule has 0 heterocycles. The van der Waals surface area contributed by atoms with Crippen LogP contribution in [0.2, 0.25) is 5.02 Å². The van der Waals surface area contributed by atoms with Crippen LogP contribution in [0.1, 0.15) is 38.2 Å². The van der Waals surface area contributed by atoms with Crippen LogP contribution in [0.3, 0.4) is 0 Å². The second kappa shape index (κ2) is 6.44. The van der Waals surface area contributed by atoms with E-state index in [1.54, 1.807) is 7.11 Å². The van der Waals surface area contributed by atoms with E-state index in [0.29, 0.717) is 5.02 Å². The lowest BCUT2D eigenvalue weighted by atomic mass is 9.86. The smallest absolute Gasteiger partial charge is 0.137 e. The minimum atomic E-state index is 0.708. The Morgan fingerprint density at radius 1 is 1.33 bits per heavy atom. The molecule has 2 N–H and O–H groups in total. The van der Waals surface area contributed by atoms with Crippen LogP contribution in [-0.4, -0.2) is 13.2 Å². The summed E-state index contributed by atoms with van der Waals surface area (Å²) >= 11 is 6.14. The van der Waals surface area contributed by atoms with Crippen LogP contribution < -0.4 is 10.1 Å². The summed E-state index contributed by atoms with van der Waals surface area (Å²) in [6, 6.07) is 6.86. The molecule has 0 bridgehead atoms. The van der Waals surface area contributed by atoms with Crippen LogP contribution in [0.5, 0.6) is 5.75 Å². The van der Waals surface area contributed by atoms with Gasteiger partial charge in [-0.2, -0.15) is 0 Å². The lowest BCUT2D eigenvalue weighted by Crippen LogP contribution is -2.90. The van der Waals surface area contributed by atoms with Crippen LogP contribution in [0.4, 0.5) is 0 Å². The van der Waals surface area contributed by atoms with E-state index in [1.165, 1.54) is 31.2 Å². The molecule has 1 fully saturated rings. The van der Waals surface area contributed by atoms with Crippen molar-refractivity contribution in [3.63, 3.8) is 0 Å². The Bertz CT molecular complexity index is 394. The van der Waals surface area contributed by atoms with Gasteiger partial charge in [0.1, 0.15) is 12.3 Å². The number of rotatable bonds is 4. The number of hydrogen-bond acceptors (Lipinski definition) is 1. The summed E-state index contributed by atoms with van der Waals surface area (Å²) in [6.45, 7) is 3.39. The van der Waals surface area contributed by atoms with Gasteiger partial charge in [0.2, 0.25) is 0 Å². The van der Waals surface area contributed by atoms with Crippen molar-refractivity contribution < 1.29 is 10.1 Å². The van der Waals surface area contributed by atoms with Crippen LogP contribution in [-0.2, 0) is 6.54 Å². The van der Waals surface area contributed by atoms with Gasteiger partial charge >= 0.3 is 0 Å². The summed E-state index contributed by atoms with van der Waals surface area (Å²) in [5, 5.41) is 3.18. The Morgan fingerprint density at radius 2 is 2.11 bits per heavy atom. The van der Waals surface area contributed by atoms with E-state index >= 15 is 0 Å². The van der Waals surface area contributed by atoms with E-state index in [0.717, 1.165) is 24.3 Å². The van der Waals surface area contributed by atoms with E-state index in [1.807, 2.05) is 12.1 Å². The zero-order chi connectivity index (χ0) is 13.0. The van der Waals surface area contributed by atoms with Crippen LogP contribution in [0, 0.1) is 5.92 Å². The summed E-state index contributed by atoms with van der Waals surface area (Å²) in [5.41, 5.74) is 1.28. The fourth-order valence-corrected chi connectivity index (χ4v) is 3.10. The van der Waals surface area contributed by atoms with Gasteiger partial charge in [0.25, 0.3) is 0 Å². The molecule has 1 aromatic carbocycles. The molecule has 0 unspecified atom stereocenters. The Labute approximate surface area is 115 Å². The topological polar surface area (TPSA) is 25.8 Å². The van der Waals surface area contributed by atoms with E-state index in [-0.39, 0.29) is 0 Å². The molecular formula is C15H23ClNO+. The van der Waals surface area contributed by atoms with Crippen molar-refractivity contribution in [2.45, 2.75) is 45.2 Å². The van der Waals surface area contributed by atoms with Crippen molar-refractivity contribution in [2.24, 2.45) is 5.92 Å². The molecule has 1 aliphatic rings. The maximum atomic E-state index is 6.14. The molecule has 1 saturated carbocycles. The number of benzene rings is 1. The monoisotopic (exact) mass is 268 g/mol. The second-order valence-electron chi connectivity index (χ2n) is 5.33. The molecule has 0 radical (unpaired) electrons. The second-order valence-corrected chi connectivity index (χ2v) is 5.74. The van der Waals surface area contributed by atoms with E-state index < -0.39 is 0 Å². The maximum Gasteiger partial charge on any atom is 0.137 e. The average Bonchev–Trinajstić information content (AvgIpc) is 2.38. The highest BCUT2D eigenvalue weighted by Crippen LogP contribution is 2.25. The first-order valence-corrected chi connectivity index (χ1v) is 7.24. The van der Waals surface area contributed by atoms with Crippen molar-refractivity contribution in [2.75, 3.05) is 7.11 Å². The fraction of sp³-hybridized carbons (Fsp3) is 0.600. The SMILES string of the molecule is COc1ccc(C[NH2+][C@@H]2CCCC[C@@H]2C)cc1Cl. The predicted octanol–water partition coefficient (Wildman–Crippen LogP) is 2.99. The minimum Gasteiger partial charge on any atom is -0.495 e. The fourth-order valence-electron chi connectivity index (χ4n) is 2.82. The molecule has 18 heavy (non-hydrogen) atoms. The van der Waals surface area contributed by atoms with Crippen LogP contribution >= 0.6 is 11.6 Å². The van der Waals surface area contributed by atoms with Gasteiger partial charge in [-0.25, -0.2) is 0 Å². The first-order chi connectivity index (χ1) is 8.70. The zero-order valence-corrected chi connectivity index (χ0v) is 12.0. The van der Waals surface area contributed by atoms with Gasteiger partial charge in [-0.3, -0.25) is 0 Å². The summed E-state index contributed by atoms with van der Waals surface area (Å²) in [6.07, 6.45) is 5.52. The van der Waals surface area contributed by atoms with Crippen molar-refractivity contribution in [1.82, 2.24) is 0 Å². The quantitative estimate of drug-likeness (QED) is 0.893. The van der Waals surface area contributed by atoms with Gasteiger partial charge in [-0.05, 0) is 37.5 Å². The highest BCUT2D eigenvalue weighted by Gasteiger charge is 2.23. The zero-order valence-electron chi connectivity index (χ0n) is 11.3. The molecule has 0 aliphatic heterocycles. The Morgan fingerprint density at radius 3 is 2.78 bits per heavy atom. The average molecular weight is 269 g/mol. The summed E-state index contributed by atoms with van der Waals surface area (Å²) in [4.78, 5) is 0. The highest BCUT2D eigenvalue weighted by molar-refractivity contribution is 6.32. The van der Waals surface area contributed by atoms with Crippen LogP contribution in [0.25, 0.3) is 0 Å². The predicted molar refractivity (Wildman–Crippen MR) is 75.1 cm³/mol. The first kappa shape index (κ1) is 13.7. The molecule has 2 rings (SSSR count). The molecule has 0 saturated heterocycles. The Balaban J connectivity index is 1.91. The maximum absolute atomic E-state index is 6.14. The molecule has 3 heteroatoms. The van der Waals surface area contributed by atoms with Gasteiger partial charge < -0.3 is 10.1 Å². The standard InChI is InChI=1S/C15H22ClNO/c1-11-5-3-4-6-14(11)17-10-12-7-8-15(18-2)13(16)9-12/h7-9,11,14,17H,3-6,10H2,1-2H3/p+1/t11-,14+/m0/s1. The molecule has 0 aromatic heterocycles. The van der Waals surface area contributed by atoms with Crippen molar-refractivity contribution in [3.8, 4) is 5.75 Å². The van der Waals surface area contributed by atoms with Crippen LogP contribution in [0.15, 0.2) is 18.2 Å². The summed E-state index contributed by atoms with van der Waals surface area (Å²) < 4.78 is 5.17. The van der Waals surface area contributed by atoms with Crippen molar-refractivity contribution in [1.29, 1.82) is 0 Å². The lowest BCUT2D eigenvalue weighted by molar-refractivity contribution is -0.712. The van der Waals surface area contributed by atoms with Crippen molar-refractivity contribution >= 4 is 11.6 Å².